The molecular formula is C16H19N5O3. The predicted molar refractivity (Wildman–Crippen MR) is 85.6 cm³/mol. The summed E-state index contributed by atoms with van der Waals surface area (Å²) in [7, 11) is 1.78. The minimum Gasteiger partial charge on any atom is -0.368 e. The van der Waals surface area contributed by atoms with Crippen LogP contribution in [0.2, 0.25) is 0 Å². The van der Waals surface area contributed by atoms with Crippen molar-refractivity contribution in [1.82, 2.24) is 25.4 Å². The summed E-state index contributed by atoms with van der Waals surface area (Å²) in [5, 5.41) is 0. The number of hydrogen-bond donors (Lipinski definition) is 2. The number of nitrogens with zero attached hydrogens (tertiary/aromatic N) is 3. The first-order valence-corrected chi connectivity index (χ1v) is 7.81. The number of carbonyl (C=O) groups excluding carboxylic acids is 2. The Bertz CT molecular complexity index is 723. The molecule has 1 aliphatic heterocycles. The Morgan fingerprint density at radius 1 is 1.29 bits per heavy atom. The first kappa shape index (κ1) is 16.1. The summed E-state index contributed by atoms with van der Waals surface area (Å²) in [5.41, 5.74) is 5.63. The zero-order chi connectivity index (χ0) is 16.9. The molecule has 8 nitrogen and oxygen atoms in total. The van der Waals surface area contributed by atoms with Gasteiger partial charge in [0, 0.05) is 26.0 Å². The Balaban J connectivity index is 1.62. The maximum Gasteiger partial charge on any atom is 0.289 e. The van der Waals surface area contributed by atoms with Gasteiger partial charge in [0.25, 0.3) is 11.8 Å². The van der Waals surface area contributed by atoms with Crippen molar-refractivity contribution in [2.45, 2.75) is 25.4 Å². The summed E-state index contributed by atoms with van der Waals surface area (Å²) < 4.78 is 7.08. The fourth-order valence-electron chi connectivity index (χ4n) is 2.52. The lowest BCUT2D eigenvalue weighted by Crippen LogP contribution is -2.48. The summed E-state index contributed by atoms with van der Waals surface area (Å²) in [5.74, 6) is -0.261. The van der Waals surface area contributed by atoms with Crippen LogP contribution in [0.1, 0.15) is 29.8 Å². The average molecular weight is 329 g/mol. The van der Waals surface area contributed by atoms with Crippen molar-refractivity contribution < 1.29 is 14.3 Å². The van der Waals surface area contributed by atoms with Crippen LogP contribution in [0, 0.1) is 0 Å². The third-order valence-electron chi connectivity index (χ3n) is 3.77. The van der Waals surface area contributed by atoms with E-state index in [-0.39, 0.29) is 11.6 Å². The van der Waals surface area contributed by atoms with Crippen LogP contribution in [0.3, 0.4) is 0 Å². The number of pyridine rings is 1. The number of carbonyl (C=O) groups is 2. The largest absolute Gasteiger partial charge is 0.368 e. The molecule has 1 aliphatic rings. The van der Waals surface area contributed by atoms with Crippen LogP contribution >= 0.6 is 0 Å². The van der Waals surface area contributed by atoms with Crippen molar-refractivity contribution in [2.75, 3.05) is 6.61 Å². The summed E-state index contributed by atoms with van der Waals surface area (Å²) in [6, 6.07) is 5.47. The minimum atomic E-state index is -0.508. The normalized spacial score (nSPS) is 17.3. The predicted octanol–water partition coefficient (Wildman–Crippen LogP) is 0.812. The van der Waals surface area contributed by atoms with Crippen LogP contribution in [0.5, 0.6) is 0 Å². The van der Waals surface area contributed by atoms with Crippen LogP contribution in [0.15, 0.2) is 30.6 Å². The van der Waals surface area contributed by atoms with E-state index in [1.807, 2.05) is 18.2 Å². The highest BCUT2D eigenvalue weighted by Gasteiger charge is 2.23. The molecular weight excluding hydrogens is 310 g/mol. The molecule has 0 aromatic carbocycles. The van der Waals surface area contributed by atoms with Crippen molar-refractivity contribution in [3.05, 3.63) is 36.3 Å². The second kappa shape index (κ2) is 7.22. The number of aromatic nitrogens is 3. The standard InChI is InChI=1S/C16H19N5O3/c1-21-10-12(18-14(21)11-6-2-4-8-17-11)15(22)19-20-16(23)13-7-3-5-9-24-13/h2,4,6,8,10,13H,3,5,7,9H2,1H3,(H,19,22)(H,20,23). The van der Waals surface area contributed by atoms with E-state index in [0.29, 0.717) is 24.5 Å². The third-order valence-corrected chi connectivity index (χ3v) is 3.77. The second-order valence-electron chi connectivity index (χ2n) is 5.57. The Morgan fingerprint density at radius 2 is 2.17 bits per heavy atom. The van der Waals surface area contributed by atoms with E-state index >= 15 is 0 Å². The quantitative estimate of drug-likeness (QED) is 0.812. The topological polar surface area (TPSA) is 98.1 Å². The first-order valence-electron chi connectivity index (χ1n) is 7.81. The van der Waals surface area contributed by atoms with Gasteiger partial charge in [-0.3, -0.25) is 25.4 Å². The molecule has 2 aromatic heterocycles. The van der Waals surface area contributed by atoms with Gasteiger partial charge < -0.3 is 9.30 Å². The molecule has 2 aromatic rings. The smallest absolute Gasteiger partial charge is 0.289 e. The minimum absolute atomic E-state index is 0.197. The third kappa shape index (κ3) is 3.60. The highest BCUT2D eigenvalue weighted by Crippen LogP contribution is 2.15. The van der Waals surface area contributed by atoms with Gasteiger partial charge in [-0.05, 0) is 31.4 Å². The van der Waals surface area contributed by atoms with E-state index in [1.165, 1.54) is 0 Å². The number of hydrogen-bond acceptors (Lipinski definition) is 5. The fraction of sp³-hybridized carbons (Fsp3) is 0.375. The Kier molecular flexibility index (Phi) is 4.85. The van der Waals surface area contributed by atoms with Crippen molar-refractivity contribution >= 4 is 11.8 Å². The molecule has 1 saturated heterocycles. The monoisotopic (exact) mass is 329 g/mol. The number of aryl methyl sites for hydroxylation is 1. The van der Waals surface area contributed by atoms with Crippen molar-refractivity contribution in [1.29, 1.82) is 0 Å². The molecule has 126 valence electrons. The molecule has 0 aliphatic carbocycles. The Hall–Kier alpha value is -2.74. The summed E-state index contributed by atoms with van der Waals surface area (Å²) in [6.07, 6.45) is 5.30. The second-order valence-corrected chi connectivity index (χ2v) is 5.57. The molecule has 0 spiro atoms. The number of rotatable bonds is 3. The number of amides is 2. The molecule has 8 heteroatoms. The van der Waals surface area contributed by atoms with Crippen molar-refractivity contribution in [3.63, 3.8) is 0 Å². The lowest BCUT2D eigenvalue weighted by atomic mass is 10.1. The van der Waals surface area contributed by atoms with E-state index < -0.39 is 12.0 Å². The van der Waals surface area contributed by atoms with Crippen LogP contribution in [0.4, 0.5) is 0 Å². The van der Waals surface area contributed by atoms with Crippen LogP contribution in [-0.2, 0) is 16.6 Å². The maximum atomic E-state index is 12.2. The van der Waals surface area contributed by atoms with Gasteiger partial charge in [0.05, 0.1) is 0 Å². The van der Waals surface area contributed by atoms with Gasteiger partial charge in [0.2, 0.25) is 0 Å². The summed E-state index contributed by atoms with van der Waals surface area (Å²) in [4.78, 5) is 32.6. The molecule has 0 saturated carbocycles. The molecule has 3 rings (SSSR count). The van der Waals surface area contributed by atoms with Crippen molar-refractivity contribution in [2.24, 2.45) is 7.05 Å². The van der Waals surface area contributed by atoms with Gasteiger partial charge in [-0.25, -0.2) is 4.98 Å². The zero-order valence-electron chi connectivity index (χ0n) is 13.4. The zero-order valence-corrected chi connectivity index (χ0v) is 13.4. The van der Waals surface area contributed by atoms with Crippen LogP contribution in [0.25, 0.3) is 11.5 Å². The fourth-order valence-corrected chi connectivity index (χ4v) is 2.52. The van der Waals surface area contributed by atoms with Gasteiger partial charge in [0.1, 0.15) is 17.5 Å². The summed E-state index contributed by atoms with van der Waals surface area (Å²) >= 11 is 0. The molecule has 3 heterocycles. The first-order chi connectivity index (χ1) is 11.6. The van der Waals surface area contributed by atoms with Crippen molar-refractivity contribution in [3.8, 4) is 11.5 Å². The molecule has 0 radical (unpaired) electrons. The molecule has 1 fully saturated rings. The molecule has 2 amide bonds. The number of imidazole rings is 1. The van der Waals surface area contributed by atoms with Gasteiger partial charge >= 0.3 is 0 Å². The molecule has 2 N–H and O–H groups in total. The Morgan fingerprint density at radius 3 is 2.88 bits per heavy atom. The highest BCUT2D eigenvalue weighted by molar-refractivity contribution is 5.94. The average Bonchev–Trinajstić information content (AvgIpc) is 3.02. The number of ether oxygens (including phenoxy) is 1. The number of hydrazine groups is 1. The highest BCUT2D eigenvalue weighted by atomic mass is 16.5. The molecule has 24 heavy (non-hydrogen) atoms. The van der Waals surface area contributed by atoms with Crippen LogP contribution in [-0.4, -0.2) is 39.1 Å². The van der Waals surface area contributed by atoms with Gasteiger partial charge in [0.15, 0.2) is 5.82 Å². The maximum absolute atomic E-state index is 12.2. The van der Waals surface area contributed by atoms with E-state index in [9.17, 15) is 9.59 Å². The van der Waals surface area contributed by atoms with E-state index in [4.69, 9.17) is 4.74 Å². The van der Waals surface area contributed by atoms with Gasteiger partial charge in [-0.1, -0.05) is 6.07 Å². The molecule has 0 bridgehead atoms. The van der Waals surface area contributed by atoms with Crippen LogP contribution < -0.4 is 10.9 Å². The Labute approximate surface area is 139 Å². The van der Waals surface area contributed by atoms with Gasteiger partial charge in [-0.15, -0.1) is 0 Å². The number of nitrogens with one attached hydrogen (secondary N) is 2. The van der Waals surface area contributed by atoms with Gasteiger partial charge in [-0.2, -0.15) is 0 Å². The SMILES string of the molecule is Cn1cc(C(=O)NNC(=O)C2CCCCO2)nc1-c1ccccn1. The van der Waals surface area contributed by atoms with E-state index in [1.54, 1.807) is 24.0 Å². The summed E-state index contributed by atoms with van der Waals surface area (Å²) in [6.45, 7) is 0.569. The molecule has 1 atom stereocenters. The lowest BCUT2D eigenvalue weighted by molar-refractivity contribution is -0.136. The van der Waals surface area contributed by atoms with E-state index in [0.717, 1.165) is 12.8 Å². The van der Waals surface area contributed by atoms with E-state index in [2.05, 4.69) is 20.8 Å². The lowest BCUT2D eigenvalue weighted by Gasteiger charge is -2.21. The molecule has 1 unspecified atom stereocenters.